The molecule has 3 aliphatic carbocycles. The van der Waals surface area contributed by atoms with E-state index in [0.29, 0.717) is 62.9 Å². The number of ketones is 3. The predicted octanol–water partition coefficient (Wildman–Crippen LogP) is 27.8. The van der Waals surface area contributed by atoms with Crippen molar-refractivity contribution in [2.75, 3.05) is 0 Å². The summed E-state index contributed by atoms with van der Waals surface area (Å²) in [7, 11) is 0. The molecule has 5 nitrogen and oxygen atoms in total. The molecule has 17 aromatic carbocycles. The molecule has 17 aromatic rings. The molecule has 0 saturated heterocycles. The Hall–Kier alpha value is -18.4. The van der Waals surface area contributed by atoms with E-state index in [1.807, 2.05) is 425 Å². The molecule has 0 atom stereocenters. The molecule has 0 bridgehead atoms. The number of carbonyl (C=O) groups excluding carboxylic acids is 3. The monoisotopic (exact) mass is 1690 g/mol. The van der Waals surface area contributed by atoms with Crippen LogP contribution in [0, 0.1) is 59.2 Å². The molecule has 3 aliphatic rings. The zero-order valence-corrected chi connectivity index (χ0v) is 72.1. The minimum absolute atomic E-state index is 0.0819. The normalized spacial score (nSPS) is 12.7. The van der Waals surface area contributed by atoms with E-state index in [2.05, 4.69) is 95.6 Å². The zero-order valence-electron chi connectivity index (χ0n) is 72.1. The molecule has 133 heavy (non-hydrogen) atoms. The number of carbonyl (C=O) groups is 3. The second kappa shape index (κ2) is 38.4. The van der Waals surface area contributed by atoms with E-state index < -0.39 is 0 Å². The molecule has 5 heteroatoms. The summed E-state index contributed by atoms with van der Waals surface area (Å²) in [5, 5.41) is 0. The Balaban J connectivity index is 0.635. The largest absolute Gasteiger partial charge is 0.457 e. The van der Waals surface area contributed by atoms with E-state index in [-0.39, 0.29) is 17.3 Å². The summed E-state index contributed by atoms with van der Waals surface area (Å²) in [4.78, 5) is 47.4. The fourth-order valence-electron chi connectivity index (χ4n) is 17.1. The zero-order chi connectivity index (χ0) is 89.6. The van der Waals surface area contributed by atoms with E-state index >= 15 is 14.4 Å². The van der Waals surface area contributed by atoms with Gasteiger partial charge in [0.15, 0.2) is 17.3 Å². The van der Waals surface area contributed by atoms with Crippen molar-refractivity contribution in [2.24, 2.45) is 0 Å². The number of benzene rings is 17. The van der Waals surface area contributed by atoms with Gasteiger partial charge in [-0.15, -0.1) is 0 Å². The Morgan fingerprint density at radius 1 is 0.143 bits per heavy atom. The molecule has 0 N–H and O–H groups in total. The molecule has 0 aromatic heterocycles. The second-order valence-electron chi connectivity index (χ2n) is 32.2. The van der Waals surface area contributed by atoms with Crippen molar-refractivity contribution in [3.63, 3.8) is 0 Å². The summed E-state index contributed by atoms with van der Waals surface area (Å²) < 4.78 is 13.6. The maximum absolute atomic E-state index is 16.0. The first kappa shape index (κ1) is 82.8. The van der Waals surface area contributed by atoms with E-state index in [4.69, 9.17) is 9.47 Å². The average molecular weight is 1700 g/mol. The number of Topliss-reactive ketones (excluding diaryl/α,β-unsaturated/α-hetero) is 3. The Morgan fingerprint density at radius 2 is 0.293 bits per heavy atom. The summed E-state index contributed by atoms with van der Waals surface area (Å²) in [6.07, 6.45) is 0.540. The van der Waals surface area contributed by atoms with Crippen molar-refractivity contribution in [1.82, 2.24) is 0 Å². The molecule has 0 heterocycles. The quantitative estimate of drug-likeness (QED) is 0.0850. The highest BCUT2D eigenvalue weighted by atomic mass is 16.5. The van der Waals surface area contributed by atoms with Gasteiger partial charge in [-0.3, -0.25) is 14.4 Å². The predicted molar refractivity (Wildman–Crippen MR) is 540 cm³/mol. The SMILES string of the molecule is O=C1C(c2ccc(C#Cc3ccccc3)cc2)=C(c2ccc(C#Cc3ccccc3)cc2)C(c2ccc(Oc3ccc(C4=C(c5ccccc5)C(=O)C(c5ccc(C#Cc6ccccc6)cc5)=C4c4ccc(Oc5ccc(C6=C(c7ccc(CC#Cc8ccccc8)cc7)C(=O)C(c7ccccc7)=C6c6ccc(C#Cc7ccccc7)cc6)cc5)cc4)cc3)cc2)=C1c1ccccc1. The number of rotatable bonds is 17. The van der Waals surface area contributed by atoms with Gasteiger partial charge in [0.1, 0.15) is 23.0 Å². The van der Waals surface area contributed by atoms with Crippen LogP contribution in [0.15, 0.2) is 461 Å². The third-order valence-electron chi connectivity index (χ3n) is 23.6. The molecular formula is C128H78O5. The summed E-state index contributed by atoms with van der Waals surface area (Å²) in [6, 6.07) is 151. The Kier molecular flexibility index (Phi) is 23.9. The van der Waals surface area contributed by atoms with Crippen LogP contribution < -0.4 is 9.47 Å². The third kappa shape index (κ3) is 18.4. The van der Waals surface area contributed by atoms with Crippen molar-refractivity contribution in [3.8, 4) is 82.2 Å². The van der Waals surface area contributed by atoms with Crippen LogP contribution in [0.3, 0.4) is 0 Å². The van der Waals surface area contributed by atoms with Gasteiger partial charge < -0.3 is 9.47 Å². The average Bonchev–Trinajstić information content (AvgIpc) is 1.59. The van der Waals surface area contributed by atoms with Gasteiger partial charge in [0, 0.05) is 123 Å². The fourth-order valence-corrected chi connectivity index (χ4v) is 17.1. The second-order valence-corrected chi connectivity index (χ2v) is 32.2. The smallest absolute Gasteiger partial charge is 0.195 e. The van der Waals surface area contributed by atoms with Crippen LogP contribution in [0.1, 0.15) is 122 Å². The van der Waals surface area contributed by atoms with Crippen LogP contribution >= 0.6 is 0 Å². The number of ether oxygens (including phenoxy) is 2. The summed E-state index contributed by atoms with van der Waals surface area (Å²) in [5.41, 5.74) is 26.7. The van der Waals surface area contributed by atoms with Gasteiger partial charge in [0.2, 0.25) is 0 Å². The first-order valence-corrected chi connectivity index (χ1v) is 44.1. The van der Waals surface area contributed by atoms with Gasteiger partial charge in [-0.2, -0.15) is 0 Å². The van der Waals surface area contributed by atoms with Crippen LogP contribution in [0.4, 0.5) is 0 Å². The van der Waals surface area contributed by atoms with E-state index in [1.165, 1.54) is 0 Å². The van der Waals surface area contributed by atoms with Gasteiger partial charge >= 0.3 is 0 Å². The standard InChI is InChI=1S/C128H78O5/c129-126-120(98-38-19-6-20-39-98)114(101-62-54-94(55-63-101)48-44-89-28-11-2-12-29-89)118(124(126)107-66-52-93(53-67-107)37-25-36-88-26-9-1-10-27-88)105-76-84-112(85-77-105)133-113-86-78-106(79-87-113)119-117(122(100-42-23-8-24-43-100)128(131)125(119)109-70-60-97(61-71-109)51-47-92-34-17-5-18-35-92)104-74-82-111(83-75-104)132-110-80-72-103(73-81-110)116-115(102-64-56-95(57-65-102)49-45-90-30-13-3-14-31-90)123(127(130)121(116)99-40-21-7-22-41-99)108-68-58-96(59-69-108)50-46-91-32-15-4-16-33-91/h1-24,26-35,38-43,52-87H,37H2. The molecule has 0 aliphatic heterocycles. The lowest BCUT2D eigenvalue weighted by molar-refractivity contribution is -0.109. The van der Waals surface area contributed by atoms with Gasteiger partial charge in [-0.25, -0.2) is 0 Å². The minimum Gasteiger partial charge on any atom is -0.457 e. The lowest BCUT2D eigenvalue weighted by atomic mass is 9.88. The molecule has 0 fully saturated rings. The Labute approximate surface area is 774 Å². The molecule has 0 radical (unpaired) electrons. The topological polar surface area (TPSA) is 69.7 Å². The Morgan fingerprint density at radius 3 is 0.496 bits per heavy atom. The molecular weight excluding hydrogens is 1620 g/mol. The van der Waals surface area contributed by atoms with Gasteiger partial charge in [-0.1, -0.05) is 363 Å². The summed E-state index contributed by atoms with van der Waals surface area (Å²) in [6.45, 7) is 0. The highest BCUT2D eigenvalue weighted by molar-refractivity contribution is 6.61. The van der Waals surface area contributed by atoms with Crippen molar-refractivity contribution in [1.29, 1.82) is 0 Å². The molecule has 0 spiro atoms. The fraction of sp³-hybridized carbons (Fsp3) is 0.00781. The third-order valence-corrected chi connectivity index (χ3v) is 23.6. The molecule has 0 saturated carbocycles. The first-order chi connectivity index (χ1) is 65.7. The van der Waals surface area contributed by atoms with Crippen LogP contribution in [0.2, 0.25) is 0 Å². The summed E-state index contributed by atoms with van der Waals surface area (Å²) in [5.74, 6) is 35.1. The Bertz CT molecular complexity index is 7870. The molecule has 0 unspecified atom stereocenters. The van der Waals surface area contributed by atoms with E-state index in [9.17, 15) is 0 Å². The molecule has 0 amide bonds. The van der Waals surface area contributed by atoms with Crippen molar-refractivity contribution in [2.45, 2.75) is 6.42 Å². The van der Waals surface area contributed by atoms with Gasteiger partial charge in [0.25, 0.3) is 0 Å². The van der Waals surface area contributed by atoms with Crippen molar-refractivity contribution >= 4 is 84.2 Å². The van der Waals surface area contributed by atoms with Crippen molar-refractivity contribution < 1.29 is 23.9 Å². The highest BCUT2D eigenvalue weighted by Gasteiger charge is 2.39. The van der Waals surface area contributed by atoms with E-state index in [1.54, 1.807) is 0 Å². The minimum atomic E-state index is -0.130. The number of hydrogen-bond donors (Lipinski definition) is 0. The highest BCUT2D eigenvalue weighted by Crippen LogP contribution is 2.54. The van der Waals surface area contributed by atoms with Crippen LogP contribution in [0.25, 0.3) is 66.9 Å². The van der Waals surface area contributed by atoms with Crippen LogP contribution in [-0.4, -0.2) is 17.3 Å². The lowest BCUT2D eigenvalue weighted by Crippen LogP contribution is -2.02. The van der Waals surface area contributed by atoms with Gasteiger partial charge in [-0.05, 0) is 230 Å². The van der Waals surface area contributed by atoms with Crippen LogP contribution in [0.5, 0.6) is 23.0 Å². The van der Waals surface area contributed by atoms with Crippen molar-refractivity contribution in [3.05, 3.63) is 583 Å². The lowest BCUT2D eigenvalue weighted by Gasteiger charge is -2.16. The maximum Gasteiger partial charge on any atom is 0.195 e. The molecule has 620 valence electrons. The van der Waals surface area contributed by atoms with Gasteiger partial charge in [0.05, 0.1) is 0 Å². The maximum atomic E-state index is 16.0. The number of allylic oxidation sites excluding steroid dienone is 12. The van der Waals surface area contributed by atoms with E-state index in [0.717, 1.165) is 156 Å². The number of hydrogen-bond acceptors (Lipinski definition) is 5. The molecule has 20 rings (SSSR count). The van der Waals surface area contributed by atoms with Crippen LogP contribution in [-0.2, 0) is 20.8 Å². The first-order valence-electron chi connectivity index (χ1n) is 44.1. The summed E-state index contributed by atoms with van der Waals surface area (Å²) >= 11 is 0.